The van der Waals surface area contributed by atoms with Crippen molar-refractivity contribution in [2.45, 2.75) is 32.5 Å². The molecule has 0 bridgehead atoms. The lowest BCUT2D eigenvalue weighted by molar-refractivity contribution is 0.137. The molecule has 1 aromatic rings. The molecular weight excluding hydrogens is 304 g/mol. The molecule has 22 heavy (non-hydrogen) atoms. The maximum atomic E-state index is 5.71. The molecule has 1 N–H and O–H groups in total. The quantitative estimate of drug-likeness (QED) is 0.920. The summed E-state index contributed by atoms with van der Waals surface area (Å²) in [4.78, 5) is 2.49. The van der Waals surface area contributed by atoms with Crippen molar-refractivity contribution in [3.05, 3.63) is 17.7 Å². The van der Waals surface area contributed by atoms with Crippen molar-refractivity contribution in [3.8, 4) is 17.2 Å². The fourth-order valence-electron chi connectivity index (χ4n) is 2.97. The average Bonchev–Trinajstić information content (AvgIpc) is 2.50. The molecule has 0 aromatic heterocycles. The molecule has 1 aromatic carbocycles. The Morgan fingerprint density at radius 2 is 2.05 bits per heavy atom. The van der Waals surface area contributed by atoms with E-state index in [1.54, 1.807) is 7.11 Å². The molecule has 0 spiro atoms. The summed E-state index contributed by atoms with van der Waals surface area (Å²) in [6.45, 7) is 8.65. The lowest BCUT2D eigenvalue weighted by Gasteiger charge is -2.37. The summed E-state index contributed by atoms with van der Waals surface area (Å²) in [5.41, 5.74) is 1.21. The molecule has 2 aliphatic rings. The summed E-state index contributed by atoms with van der Waals surface area (Å²) in [6.07, 6.45) is 0. The Kier molecular flexibility index (Phi) is 5.78. The van der Waals surface area contributed by atoms with Crippen molar-refractivity contribution in [3.63, 3.8) is 0 Å². The zero-order valence-corrected chi connectivity index (χ0v) is 14.2. The first-order valence-electron chi connectivity index (χ1n) is 7.61. The molecule has 1 saturated heterocycles. The van der Waals surface area contributed by atoms with E-state index in [1.807, 2.05) is 0 Å². The van der Waals surface area contributed by atoms with Crippen LogP contribution in [0.4, 0.5) is 0 Å². The van der Waals surface area contributed by atoms with Gasteiger partial charge < -0.3 is 19.5 Å². The molecular formula is C16H25ClN2O3. The van der Waals surface area contributed by atoms with Crippen LogP contribution in [0.25, 0.3) is 0 Å². The number of hydrogen-bond acceptors (Lipinski definition) is 5. The lowest BCUT2D eigenvalue weighted by atomic mass is 10.1. The molecule has 2 heterocycles. The van der Waals surface area contributed by atoms with Crippen molar-refractivity contribution >= 4 is 12.4 Å². The van der Waals surface area contributed by atoms with Gasteiger partial charge in [0.15, 0.2) is 11.5 Å². The number of nitrogens with zero attached hydrogens (tertiary/aromatic N) is 1. The highest BCUT2D eigenvalue weighted by atomic mass is 35.5. The molecule has 0 aliphatic carbocycles. The Bertz CT molecular complexity index is 495. The van der Waals surface area contributed by atoms with Crippen molar-refractivity contribution in [1.82, 2.24) is 10.2 Å². The second-order valence-corrected chi connectivity index (χ2v) is 5.91. The van der Waals surface area contributed by atoms with Gasteiger partial charge in [-0.05, 0) is 31.5 Å². The number of ether oxygens (including phenoxy) is 3. The van der Waals surface area contributed by atoms with Crippen LogP contribution in [0.2, 0.25) is 0 Å². The lowest BCUT2D eigenvalue weighted by Crippen LogP contribution is -2.53. The fraction of sp³-hybridized carbons (Fsp3) is 0.625. The van der Waals surface area contributed by atoms with E-state index in [4.69, 9.17) is 14.2 Å². The standard InChI is InChI=1S/C16H24N2O3.ClH/c1-11-9-18(12(2)8-17-11)10-13-6-14(19-3)16-15(7-13)20-4-5-21-16;/h6-7,11-12,17H,4-5,8-10H2,1-3H3;1H. The monoisotopic (exact) mass is 328 g/mol. The fourth-order valence-corrected chi connectivity index (χ4v) is 2.97. The third kappa shape index (κ3) is 3.59. The van der Waals surface area contributed by atoms with Crippen LogP contribution in [0.3, 0.4) is 0 Å². The van der Waals surface area contributed by atoms with Crippen molar-refractivity contribution < 1.29 is 14.2 Å². The van der Waals surface area contributed by atoms with Crippen LogP contribution in [0.15, 0.2) is 12.1 Å². The van der Waals surface area contributed by atoms with Crippen LogP contribution in [0.5, 0.6) is 17.2 Å². The van der Waals surface area contributed by atoms with Gasteiger partial charge in [-0.2, -0.15) is 0 Å². The number of rotatable bonds is 3. The van der Waals surface area contributed by atoms with E-state index in [2.05, 4.69) is 36.2 Å². The number of benzene rings is 1. The third-order valence-corrected chi connectivity index (χ3v) is 4.17. The van der Waals surface area contributed by atoms with E-state index in [0.717, 1.165) is 36.9 Å². The molecule has 2 atom stereocenters. The van der Waals surface area contributed by atoms with E-state index in [-0.39, 0.29) is 12.4 Å². The molecule has 3 rings (SSSR count). The number of fused-ring (bicyclic) bond motifs is 1. The molecule has 5 nitrogen and oxygen atoms in total. The predicted molar refractivity (Wildman–Crippen MR) is 88.6 cm³/mol. The maximum absolute atomic E-state index is 5.71. The van der Waals surface area contributed by atoms with Gasteiger partial charge >= 0.3 is 0 Å². The Morgan fingerprint density at radius 3 is 2.82 bits per heavy atom. The number of methoxy groups -OCH3 is 1. The Balaban J connectivity index is 0.00000176. The van der Waals surface area contributed by atoms with E-state index in [1.165, 1.54) is 5.56 Å². The maximum Gasteiger partial charge on any atom is 0.203 e. The highest BCUT2D eigenvalue weighted by molar-refractivity contribution is 5.85. The van der Waals surface area contributed by atoms with Crippen LogP contribution < -0.4 is 19.5 Å². The van der Waals surface area contributed by atoms with Gasteiger partial charge in [0.25, 0.3) is 0 Å². The van der Waals surface area contributed by atoms with Gasteiger partial charge in [0.05, 0.1) is 7.11 Å². The molecule has 0 radical (unpaired) electrons. The zero-order valence-electron chi connectivity index (χ0n) is 13.4. The smallest absolute Gasteiger partial charge is 0.203 e. The van der Waals surface area contributed by atoms with Gasteiger partial charge in [0, 0.05) is 31.7 Å². The van der Waals surface area contributed by atoms with Crippen molar-refractivity contribution in [2.75, 3.05) is 33.4 Å². The van der Waals surface area contributed by atoms with Gasteiger partial charge in [-0.15, -0.1) is 12.4 Å². The molecule has 0 saturated carbocycles. The topological polar surface area (TPSA) is 43.0 Å². The molecule has 6 heteroatoms. The predicted octanol–water partition coefficient (Wildman–Crippen LogP) is 2.07. The van der Waals surface area contributed by atoms with Crippen LogP contribution in [0, 0.1) is 0 Å². The average molecular weight is 329 g/mol. The highest BCUT2D eigenvalue weighted by Crippen LogP contribution is 2.40. The van der Waals surface area contributed by atoms with Crippen molar-refractivity contribution in [1.29, 1.82) is 0 Å². The summed E-state index contributed by atoms with van der Waals surface area (Å²) in [7, 11) is 1.67. The second-order valence-electron chi connectivity index (χ2n) is 5.91. The first kappa shape index (κ1) is 17.2. The first-order chi connectivity index (χ1) is 10.2. The molecule has 2 unspecified atom stereocenters. The van der Waals surface area contributed by atoms with Crippen molar-refractivity contribution in [2.24, 2.45) is 0 Å². The molecule has 1 fully saturated rings. The van der Waals surface area contributed by atoms with E-state index in [0.29, 0.717) is 25.3 Å². The summed E-state index contributed by atoms with van der Waals surface area (Å²) in [6, 6.07) is 5.20. The minimum atomic E-state index is 0. The normalized spacial score (nSPS) is 24.5. The number of nitrogens with one attached hydrogen (secondary N) is 1. The minimum Gasteiger partial charge on any atom is -0.493 e. The molecule has 0 amide bonds. The number of hydrogen-bond donors (Lipinski definition) is 1. The van der Waals surface area contributed by atoms with Gasteiger partial charge in [0.2, 0.25) is 5.75 Å². The zero-order chi connectivity index (χ0) is 14.8. The second kappa shape index (κ2) is 7.40. The largest absolute Gasteiger partial charge is 0.493 e. The van der Waals surface area contributed by atoms with E-state index >= 15 is 0 Å². The van der Waals surface area contributed by atoms with Gasteiger partial charge in [-0.1, -0.05) is 0 Å². The Labute approximate surface area is 138 Å². The van der Waals surface area contributed by atoms with Crippen LogP contribution in [-0.4, -0.2) is 50.4 Å². The number of piperazine rings is 1. The summed E-state index contributed by atoms with van der Waals surface area (Å²) in [5, 5.41) is 3.51. The van der Waals surface area contributed by atoms with E-state index < -0.39 is 0 Å². The van der Waals surface area contributed by atoms with Gasteiger partial charge in [-0.3, -0.25) is 4.90 Å². The molecule has 2 aliphatic heterocycles. The van der Waals surface area contributed by atoms with Crippen LogP contribution in [0.1, 0.15) is 19.4 Å². The van der Waals surface area contributed by atoms with Gasteiger partial charge in [-0.25, -0.2) is 0 Å². The minimum absolute atomic E-state index is 0. The van der Waals surface area contributed by atoms with E-state index in [9.17, 15) is 0 Å². The Morgan fingerprint density at radius 1 is 1.27 bits per heavy atom. The SMILES string of the molecule is COc1cc(CN2CC(C)NCC2C)cc2c1OCCO2.Cl. The summed E-state index contributed by atoms with van der Waals surface area (Å²) in [5.74, 6) is 2.29. The first-order valence-corrected chi connectivity index (χ1v) is 7.61. The van der Waals surface area contributed by atoms with Crippen LogP contribution in [-0.2, 0) is 6.54 Å². The molecule has 124 valence electrons. The summed E-state index contributed by atoms with van der Waals surface area (Å²) >= 11 is 0. The van der Waals surface area contributed by atoms with Gasteiger partial charge in [0.1, 0.15) is 13.2 Å². The number of halogens is 1. The van der Waals surface area contributed by atoms with Crippen LogP contribution >= 0.6 is 12.4 Å². The highest BCUT2D eigenvalue weighted by Gasteiger charge is 2.24. The third-order valence-electron chi connectivity index (χ3n) is 4.17. The summed E-state index contributed by atoms with van der Waals surface area (Å²) < 4.78 is 16.8. The Hall–Kier alpha value is -1.17.